The fourth-order valence-corrected chi connectivity index (χ4v) is 3.68. The minimum Gasteiger partial charge on any atom is -0.492 e. The molecule has 1 unspecified atom stereocenters. The van der Waals surface area contributed by atoms with Gasteiger partial charge in [0.2, 0.25) is 15.9 Å². The fourth-order valence-electron chi connectivity index (χ4n) is 2.07. The molecule has 26 heavy (non-hydrogen) atoms. The Morgan fingerprint density at radius 1 is 1.27 bits per heavy atom. The summed E-state index contributed by atoms with van der Waals surface area (Å²) in [5.41, 5.74) is 0. The Kier molecular flexibility index (Phi) is 9.35. The van der Waals surface area contributed by atoms with Gasteiger partial charge in [-0.2, -0.15) is 4.72 Å². The summed E-state index contributed by atoms with van der Waals surface area (Å²) < 4.78 is 38.3. The van der Waals surface area contributed by atoms with Gasteiger partial charge < -0.3 is 14.8 Å². The zero-order chi connectivity index (χ0) is 19.7. The average molecular weight is 407 g/mol. The number of hydrogen-bond donors (Lipinski definition) is 2. The molecule has 0 saturated carbocycles. The van der Waals surface area contributed by atoms with Crippen LogP contribution in [0.25, 0.3) is 0 Å². The van der Waals surface area contributed by atoms with Crippen LogP contribution in [0.4, 0.5) is 0 Å². The van der Waals surface area contributed by atoms with Gasteiger partial charge in [-0.05, 0) is 52.3 Å². The number of carbonyl (C=O) groups excluding carboxylic acids is 1. The third kappa shape index (κ3) is 7.49. The van der Waals surface area contributed by atoms with Crippen LogP contribution in [0, 0.1) is 0 Å². The second-order valence-electron chi connectivity index (χ2n) is 5.93. The van der Waals surface area contributed by atoms with Gasteiger partial charge in [0.15, 0.2) is 0 Å². The van der Waals surface area contributed by atoms with Crippen molar-refractivity contribution in [2.75, 3.05) is 19.8 Å². The molecule has 0 aromatic heterocycles. The highest BCUT2D eigenvalue weighted by molar-refractivity contribution is 7.89. The highest BCUT2D eigenvalue weighted by atomic mass is 35.5. The molecule has 0 bridgehead atoms. The summed E-state index contributed by atoms with van der Waals surface area (Å²) in [6, 6.07) is 3.38. The van der Waals surface area contributed by atoms with E-state index in [1.54, 1.807) is 13.0 Å². The van der Waals surface area contributed by atoms with Gasteiger partial charge >= 0.3 is 0 Å². The van der Waals surface area contributed by atoms with Crippen molar-refractivity contribution in [3.05, 3.63) is 23.2 Å². The van der Waals surface area contributed by atoms with E-state index in [1.165, 1.54) is 19.1 Å². The van der Waals surface area contributed by atoms with Crippen molar-refractivity contribution >= 4 is 27.5 Å². The summed E-state index contributed by atoms with van der Waals surface area (Å²) in [5.74, 6) is -0.235. The molecule has 0 aliphatic heterocycles. The predicted molar refractivity (Wildman–Crippen MR) is 101 cm³/mol. The Balaban J connectivity index is 2.68. The molecular weight excluding hydrogens is 380 g/mol. The van der Waals surface area contributed by atoms with Crippen LogP contribution >= 0.6 is 11.6 Å². The van der Waals surface area contributed by atoms with Crippen LogP contribution in [-0.4, -0.2) is 46.2 Å². The third-order valence-electron chi connectivity index (χ3n) is 3.29. The molecule has 0 radical (unpaired) electrons. The van der Waals surface area contributed by atoms with Crippen molar-refractivity contribution in [1.29, 1.82) is 0 Å². The van der Waals surface area contributed by atoms with Gasteiger partial charge in [0.25, 0.3) is 0 Å². The van der Waals surface area contributed by atoms with Gasteiger partial charge in [-0.15, -0.1) is 0 Å². The number of nitrogens with one attached hydrogen (secondary N) is 2. The van der Waals surface area contributed by atoms with Crippen LogP contribution < -0.4 is 14.8 Å². The first kappa shape index (κ1) is 22.7. The van der Waals surface area contributed by atoms with E-state index in [4.69, 9.17) is 21.1 Å². The van der Waals surface area contributed by atoms with Crippen LogP contribution in [0.5, 0.6) is 5.75 Å². The first-order valence-corrected chi connectivity index (χ1v) is 10.4. The number of carbonyl (C=O) groups is 1. The lowest BCUT2D eigenvalue weighted by atomic mass is 10.3. The number of sulfonamides is 1. The zero-order valence-corrected chi connectivity index (χ0v) is 17.1. The molecule has 1 aromatic rings. The summed E-state index contributed by atoms with van der Waals surface area (Å²) in [6.45, 7) is 8.32. The standard InChI is InChI=1S/C17H27ClN2O5S/c1-5-24-15-8-7-14(18)11-16(15)26(22,23)20-13(4)17(21)19-9-6-10-25-12(2)3/h7-8,11-13,20H,5-6,9-10H2,1-4H3,(H,19,21). The van der Waals surface area contributed by atoms with Crippen molar-refractivity contribution in [3.8, 4) is 5.75 Å². The molecule has 2 N–H and O–H groups in total. The van der Waals surface area contributed by atoms with Crippen LogP contribution in [-0.2, 0) is 19.6 Å². The molecule has 0 heterocycles. The van der Waals surface area contributed by atoms with Crippen molar-refractivity contribution in [1.82, 2.24) is 10.0 Å². The summed E-state index contributed by atoms with van der Waals surface area (Å²) in [6.07, 6.45) is 0.778. The van der Waals surface area contributed by atoms with E-state index in [2.05, 4.69) is 10.0 Å². The van der Waals surface area contributed by atoms with E-state index in [1.807, 2.05) is 13.8 Å². The highest BCUT2D eigenvalue weighted by Gasteiger charge is 2.25. The summed E-state index contributed by atoms with van der Waals surface area (Å²) in [4.78, 5) is 12.0. The normalized spacial score (nSPS) is 12.8. The molecule has 148 valence electrons. The third-order valence-corrected chi connectivity index (χ3v) is 5.09. The SMILES string of the molecule is CCOc1ccc(Cl)cc1S(=O)(=O)NC(C)C(=O)NCCCOC(C)C. The van der Waals surface area contributed by atoms with Gasteiger partial charge in [-0.3, -0.25) is 4.79 Å². The summed E-state index contributed by atoms with van der Waals surface area (Å²) in [7, 11) is -3.97. The molecule has 0 fully saturated rings. The van der Waals surface area contributed by atoms with Crippen molar-refractivity contribution in [2.45, 2.75) is 51.2 Å². The number of rotatable bonds is 11. The van der Waals surface area contributed by atoms with Gasteiger partial charge in [-0.1, -0.05) is 11.6 Å². The quantitative estimate of drug-likeness (QED) is 0.550. The van der Waals surface area contributed by atoms with E-state index in [-0.39, 0.29) is 21.8 Å². The van der Waals surface area contributed by atoms with E-state index < -0.39 is 22.0 Å². The second-order valence-corrected chi connectivity index (χ2v) is 8.05. The first-order chi connectivity index (χ1) is 12.2. The summed E-state index contributed by atoms with van der Waals surface area (Å²) in [5, 5.41) is 2.94. The molecule has 0 aliphatic rings. The number of amides is 1. The average Bonchev–Trinajstić information content (AvgIpc) is 2.55. The molecule has 1 rings (SSSR count). The zero-order valence-electron chi connectivity index (χ0n) is 15.5. The van der Waals surface area contributed by atoms with E-state index in [0.29, 0.717) is 26.2 Å². The number of hydrogen-bond acceptors (Lipinski definition) is 5. The minimum absolute atomic E-state index is 0.100. The predicted octanol–water partition coefficient (Wildman–Crippen LogP) is 2.34. The Morgan fingerprint density at radius 3 is 2.58 bits per heavy atom. The Hall–Kier alpha value is -1.35. The van der Waals surface area contributed by atoms with Crippen LogP contribution in [0.3, 0.4) is 0 Å². The Bertz CT molecular complexity index is 694. The van der Waals surface area contributed by atoms with Crippen LogP contribution in [0.1, 0.15) is 34.1 Å². The lowest BCUT2D eigenvalue weighted by Gasteiger charge is -2.16. The van der Waals surface area contributed by atoms with Gasteiger partial charge in [0.05, 0.1) is 18.8 Å². The second kappa shape index (κ2) is 10.7. The summed E-state index contributed by atoms with van der Waals surface area (Å²) >= 11 is 5.90. The molecule has 1 aromatic carbocycles. The van der Waals surface area contributed by atoms with Crippen molar-refractivity contribution in [3.63, 3.8) is 0 Å². The molecule has 9 heteroatoms. The molecular formula is C17H27ClN2O5S. The number of ether oxygens (including phenoxy) is 2. The van der Waals surface area contributed by atoms with Gasteiger partial charge in [0, 0.05) is 18.2 Å². The monoisotopic (exact) mass is 406 g/mol. The maximum absolute atomic E-state index is 12.6. The minimum atomic E-state index is -3.97. The molecule has 0 aliphatic carbocycles. The Labute approximate surface area is 160 Å². The lowest BCUT2D eigenvalue weighted by Crippen LogP contribution is -2.45. The smallest absolute Gasteiger partial charge is 0.245 e. The molecule has 0 spiro atoms. The van der Waals surface area contributed by atoms with Gasteiger partial charge in [-0.25, -0.2) is 8.42 Å². The maximum Gasteiger partial charge on any atom is 0.245 e. The first-order valence-electron chi connectivity index (χ1n) is 8.51. The topological polar surface area (TPSA) is 93.7 Å². The molecule has 0 saturated heterocycles. The van der Waals surface area contributed by atoms with Gasteiger partial charge in [0.1, 0.15) is 10.6 Å². The largest absolute Gasteiger partial charge is 0.492 e. The highest BCUT2D eigenvalue weighted by Crippen LogP contribution is 2.27. The fraction of sp³-hybridized carbons (Fsp3) is 0.588. The van der Waals surface area contributed by atoms with E-state index in [0.717, 1.165) is 0 Å². The number of benzene rings is 1. The maximum atomic E-state index is 12.6. The van der Waals surface area contributed by atoms with Crippen LogP contribution in [0.15, 0.2) is 23.1 Å². The van der Waals surface area contributed by atoms with Crippen molar-refractivity contribution in [2.24, 2.45) is 0 Å². The number of halogens is 1. The molecule has 1 amide bonds. The molecule has 1 atom stereocenters. The lowest BCUT2D eigenvalue weighted by molar-refractivity contribution is -0.122. The van der Waals surface area contributed by atoms with Crippen molar-refractivity contribution < 1.29 is 22.7 Å². The Morgan fingerprint density at radius 2 is 1.96 bits per heavy atom. The van der Waals surface area contributed by atoms with E-state index >= 15 is 0 Å². The molecule has 7 nitrogen and oxygen atoms in total. The van der Waals surface area contributed by atoms with E-state index in [9.17, 15) is 13.2 Å². The van der Waals surface area contributed by atoms with Crippen LogP contribution in [0.2, 0.25) is 5.02 Å².